The van der Waals surface area contributed by atoms with Gasteiger partial charge in [0.15, 0.2) is 11.5 Å². The highest BCUT2D eigenvalue weighted by atomic mass is 16.3. The molecule has 0 aromatic heterocycles. The number of hydrogen-bond acceptors (Lipinski definition) is 5. The number of benzene rings is 2. The summed E-state index contributed by atoms with van der Waals surface area (Å²) in [6, 6.07) is 11.1. The van der Waals surface area contributed by atoms with Crippen LogP contribution in [0.25, 0.3) is 0 Å². The van der Waals surface area contributed by atoms with E-state index in [-0.39, 0.29) is 17.1 Å². The predicted molar refractivity (Wildman–Crippen MR) is 86.8 cm³/mol. The van der Waals surface area contributed by atoms with Crippen molar-refractivity contribution in [3.8, 4) is 11.5 Å². The summed E-state index contributed by atoms with van der Waals surface area (Å²) in [4.78, 5) is 25.8. The van der Waals surface area contributed by atoms with Crippen LogP contribution in [0.1, 0.15) is 18.5 Å². The minimum Gasteiger partial charge on any atom is -0.508 e. The number of phenolic OH excluding ortho intramolecular Hbond substituents is 2. The van der Waals surface area contributed by atoms with E-state index in [1.54, 1.807) is 12.1 Å². The zero-order chi connectivity index (χ0) is 17.4. The van der Waals surface area contributed by atoms with Crippen LogP contribution in [0.4, 0.5) is 5.69 Å². The second kappa shape index (κ2) is 5.73. The van der Waals surface area contributed by atoms with Gasteiger partial charge in [0.25, 0.3) is 5.91 Å². The van der Waals surface area contributed by atoms with Gasteiger partial charge in [0, 0.05) is 5.69 Å². The van der Waals surface area contributed by atoms with E-state index in [2.05, 4.69) is 0 Å². The number of nitrogens with zero attached hydrogens (tertiary/aromatic N) is 1. The highest BCUT2D eigenvalue weighted by Crippen LogP contribution is 2.41. The summed E-state index contributed by atoms with van der Waals surface area (Å²) in [6.45, 7) is 1.28. The molecule has 0 aliphatic carbocycles. The summed E-state index contributed by atoms with van der Waals surface area (Å²) in [5, 5.41) is 29.1. The van der Waals surface area contributed by atoms with Crippen LogP contribution in [0.2, 0.25) is 0 Å². The van der Waals surface area contributed by atoms with Gasteiger partial charge in [-0.1, -0.05) is 12.1 Å². The highest BCUT2D eigenvalue weighted by molar-refractivity contribution is 6.16. The smallest absolute Gasteiger partial charge is 0.294 e. The second-order valence-electron chi connectivity index (χ2n) is 5.50. The SMILES string of the molecule is CC(=O)C1=C(O)C(=O)N(c2ccc(O)cc2)[C@@H]1c1ccc(O)cc1. The highest BCUT2D eigenvalue weighted by Gasteiger charge is 2.43. The number of anilines is 1. The molecule has 0 bridgehead atoms. The van der Waals surface area contributed by atoms with Gasteiger partial charge in [-0.2, -0.15) is 0 Å². The molecule has 24 heavy (non-hydrogen) atoms. The first-order valence-corrected chi connectivity index (χ1v) is 7.25. The number of ketones is 1. The molecule has 3 rings (SSSR count). The topological polar surface area (TPSA) is 98.1 Å². The number of Topliss-reactive ketones (excluding diaryl/α,β-unsaturated/α-hetero) is 1. The first-order chi connectivity index (χ1) is 11.4. The summed E-state index contributed by atoms with van der Waals surface area (Å²) >= 11 is 0. The Morgan fingerprint density at radius 2 is 1.42 bits per heavy atom. The minimum absolute atomic E-state index is 0.00114. The lowest BCUT2D eigenvalue weighted by molar-refractivity contribution is -0.117. The molecule has 0 saturated heterocycles. The maximum absolute atomic E-state index is 12.5. The molecule has 1 aliphatic rings. The van der Waals surface area contributed by atoms with Crippen molar-refractivity contribution in [2.24, 2.45) is 0 Å². The fourth-order valence-electron chi connectivity index (χ4n) is 2.82. The van der Waals surface area contributed by atoms with Gasteiger partial charge in [-0.25, -0.2) is 0 Å². The summed E-state index contributed by atoms with van der Waals surface area (Å²) in [5.41, 5.74) is 1.00. The Morgan fingerprint density at radius 3 is 1.92 bits per heavy atom. The van der Waals surface area contributed by atoms with Crippen molar-refractivity contribution in [2.45, 2.75) is 13.0 Å². The third kappa shape index (κ3) is 2.48. The second-order valence-corrected chi connectivity index (χ2v) is 5.50. The molecule has 6 nitrogen and oxygen atoms in total. The summed E-state index contributed by atoms with van der Waals surface area (Å²) in [5.74, 6) is -1.61. The molecule has 1 atom stereocenters. The van der Waals surface area contributed by atoms with E-state index in [1.807, 2.05) is 0 Å². The lowest BCUT2D eigenvalue weighted by Crippen LogP contribution is -2.30. The van der Waals surface area contributed by atoms with Gasteiger partial charge >= 0.3 is 0 Å². The van der Waals surface area contributed by atoms with Crippen LogP contribution in [0, 0.1) is 0 Å². The number of aliphatic hydroxyl groups excluding tert-OH is 1. The van der Waals surface area contributed by atoms with Crippen LogP contribution in [0.5, 0.6) is 11.5 Å². The van der Waals surface area contributed by atoms with Gasteiger partial charge in [0.1, 0.15) is 11.5 Å². The first kappa shape index (κ1) is 15.6. The van der Waals surface area contributed by atoms with E-state index in [1.165, 1.54) is 48.2 Å². The van der Waals surface area contributed by atoms with E-state index in [0.29, 0.717) is 11.3 Å². The number of amides is 1. The molecule has 1 aliphatic heterocycles. The summed E-state index contributed by atoms with van der Waals surface area (Å²) in [6.07, 6.45) is 0. The molecule has 0 saturated carbocycles. The van der Waals surface area contributed by atoms with Crippen LogP contribution in [-0.2, 0) is 9.59 Å². The number of phenols is 2. The molecule has 0 spiro atoms. The zero-order valence-electron chi connectivity index (χ0n) is 12.8. The average Bonchev–Trinajstić information content (AvgIpc) is 2.81. The molecular formula is C18H15NO5. The van der Waals surface area contributed by atoms with Gasteiger partial charge in [-0.3, -0.25) is 14.5 Å². The van der Waals surface area contributed by atoms with Gasteiger partial charge in [0.2, 0.25) is 0 Å². The van der Waals surface area contributed by atoms with Crippen LogP contribution in [0.3, 0.4) is 0 Å². The Bertz CT molecular complexity index is 837. The van der Waals surface area contributed by atoms with E-state index in [4.69, 9.17) is 0 Å². The van der Waals surface area contributed by atoms with Crippen molar-refractivity contribution in [1.82, 2.24) is 0 Å². The lowest BCUT2D eigenvalue weighted by atomic mass is 9.96. The normalized spacial score (nSPS) is 17.5. The van der Waals surface area contributed by atoms with Crippen molar-refractivity contribution in [2.75, 3.05) is 4.90 Å². The molecule has 3 N–H and O–H groups in total. The van der Waals surface area contributed by atoms with Crippen molar-refractivity contribution in [1.29, 1.82) is 0 Å². The minimum atomic E-state index is -0.805. The third-order valence-electron chi connectivity index (χ3n) is 3.92. The van der Waals surface area contributed by atoms with Crippen molar-refractivity contribution < 1.29 is 24.9 Å². The van der Waals surface area contributed by atoms with Crippen LogP contribution in [0.15, 0.2) is 59.9 Å². The summed E-state index contributed by atoms with van der Waals surface area (Å²) in [7, 11) is 0. The Morgan fingerprint density at radius 1 is 0.917 bits per heavy atom. The standard InChI is InChI=1S/C18H15NO5/c1-10(20)15-16(11-2-6-13(21)7-3-11)19(18(24)17(15)23)12-4-8-14(22)9-5-12/h2-9,16,21-23H,1H3/t16-/m1/s1. The van der Waals surface area contributed by atoms with Crippen LogP contribution in [-0.4, -0.2) is 27.0 Å². The van der Waals surface area contributed by atoms with E-state index < -0.39 is 23.5 Å². The fraction of sp³-hybridized carbons (Fsp3) is 0.111. The Kier molecular flexibility index (Phi) is 3.73. The maximum Gasteiger partial charge on any atom is 0.294 e. The number of aromatic hydroxyl groups is 2. The molecule has 1 amide bonds. The maximum atomic E-state index is 12.5. The number of carbonyl (C=O) groups excluding carboxylic acids is 2. The van der Waals surface area contributed by atoms with E-state index in [0.717, 1.165) is 0 Å². The predicted octanol–water partition coefficient (Wildman–Crippen LogP) is 2.59. The molecule has 0 radical (unpaired) electrons. The van der Waals surface area contributed by atoms with Gasteiger partial charge < -0.3 is 15.3 Å². The Labute approximate surface area is 137 Å². The van der Waals surface area contributed by atoms with Crippen molar-refractivity contribution in [3.63, 3.8) is 0 Å². The zero-order valence-corrected chi connectivity index (χ0v) is 12.8. The number of hydrogen-bond donors (Lipinski definition) is 3. The Hall–Kier alpha value is -3.28. The van der Waals surface area contributed by atoms with Crippen molar-refractivity contribution in [3.05, 3.63) is 65.4 Å². The van der Waals surface area contributed by atoms with Gasteiger partial charge in [-0.15, -0.1) is 0 Å². The third-order valence-corrected chi connectivity index (χ3v) is 3.92. The molecule has 1 heterocycles. The molecule has 2 aromatic rings. The molecule has 6 heteroatoms. The van der Waals surface area contributed by atoms with Crippen LogP contribution >= 0.6 is 0 Å². The Balaban J connectivity index is 2.16. The van der Waals surface area contributed by atoms with Crippen molar-refractivity contribution >= 4 is 17.4 Å². The number of aliphatic hydroxyl groups is 1. The molecule has 0 unspecified atom stereocenters. The summed E-state index contributed by atoms with van der Waals surface area (Å²) < 4.78 is 0. The fourth-order valence-corrected chi connectivity index (χ4v) is 2.82. The number of rotatable bonds is 3. The average molecular weight is 325 g/mol. The van der Waals surface area contributed by atoms with Crippen LogP contribution < -0.4 is 4.90 Å². The molecule has 122 valence electrons. The molecular weight excluding hydrogens is 310 g/mol. The first-order valence-electron chi connectivity index (χ1n) is 7.25. The molecule has 0 fully saturated rings. The quantitative estimate of drug-likeness (QED) is 0.806. The lowest BCUT2D eigenvalue weighted by Gasteiger charge is -2.26. The monoisotopic (exact) mass is 325 g/mol. The number of carbonyl (C=O) groups is 2. The van der Waals surface area contributed by atoms with Gasteiger partial charge in [0.05, 0.1) is 11.6 Å². The van der Waals surface area contributed by atoms with E-state index in [9.17, 15) is 24.9 Å². The van der Waals surface area contributed by atoms with Gasteiger partial charge in [-0.05, 0) is 48.9 Å². The largest absolute Gasteiger partial charge is 0.508 e. The van der Waals surface area contributed by atoms with E-state index >= 15 is 0 Å². The molecule has 2 aromatic carbocycles.